The smallest absolute Gasteiger partial charge is 0.325 e. The normalized spacial score (nSPS) is 23.6. The van der Waals surface area contributed by atoms with E-state index < -0.39 is 21.5 Å². The maximum absolute atomic E-state index is 12.5. The van der Waals surface area contributed by atoms with Crippen molar-refractivity contribution in [1.82, 2.24) is 4.31 Å². The Morgan fingerprint density at radius 1 is 1.33 bits per heavy atom. The van der Waals surface area contributed by atoms with Gasteiger partial charge in [-0.15, -0.1) is 0 Å². The molecule has 0 radical (unpaired) electrons. The van der Waals surface area contributed by atoms with Crippen LogP contribution in [0, 0.1) is 0 Å². The molecule has 0 amide bonds. The first-order chi connectivity index (χ1) is 9.67. The second-order valence-corrected chi connectivity index (χ2v) is 7.71. The fourth-order valence-electron chi connectivity index (χ4n) is 2.35. The zero-order valence-electron chi connectivity index (χ0n) is 12.1. The molecule has 1 aliphatic heterocycles. The third-order valence-electron chi connectivity index (χ3n) is 3.88. The van der Waals surface area contributed by atoms with Crippen molar-refractivity contribution in [1.29, 1.82) is 0 Å². The van der Waals surface area contributed by atoms with E-state index in [1.807, 2.05) is 13.8 Å². The molecule has 116 valence electrons. The number of carbonyl (C=O) groups is 1. The minimum absolute atomic E-state index is 0.117. The Kier molecular flexibility index (Phi) is 4.10. The van der Waals surface area contributed by atoms with Crippen LogP contribution < -0.4 is 5.73 Å². The van der Waals surface area contributed by atoms with Crippen molar-refractivity contribution < 1.29 is 18.3 Å². The van der Waals surface area contributed by atoms with Gasteiger partial charge in [-0.1, -0.05) is 26.0 Å². The maximum Gasteiger partial charge on any atom is 0.325 e. The molecule has 3 N–H and O–H groups in total. The number of benzene rings is 1. The van der Waals surface area contributed by atoms with Gasteiger partial charge in [0.2, 0.25) is 10.0 Å². The summed E-state index contributed by atoms with van der Waals surface area (Å²) >= 11 is 0. The van der Waals surface area contributed by atoms with Gasteiger partial charge in [0.1, 0.15) is 5.54 Å². The number of hydrogen-bond donors (Lipinski definition) is 2. The van der Waals surface area contributed by atoms with E-state index >= 15 is 0 Å². The summed E-state index contributed by atoms with van der Waals surface area (Å²) in [6, 6.07) is 6.67. The number of nitrogens with two attached hydrogens (primary N) is 1. The van der Waals surface area contributed by atoms with Crippen LogP contribution in [0.1, 0.15) is 31.7 Å². The first kappa shape index (κ1) is 15.9. The van der Waals surface area contributed by atoms with Crippen LogP contribution in [0.4, 0.5) is 0 Å². The van der Waals surface area contributed by atoms with Gasteiger partial charge in [-0.2, -0.15) is 4.31 Å². The first-order valence-corrected chi connectivity index (χ1v) is 8.23. The molecule has 0 spiro atoms. The van der Waals surface area contributed by atoms with E-state index in [0.29, 0.717) is 5.92 Å². The lowest BCUT2D eigenvalue weighted by Gasteiger charge is -2.20. The van der Waals surface area contributed by atoms with Gasteiger partial charge in [0, 0.05) is 13.1 Å². The third kappa shape index (κ3) is 2.95. The zero-order chi connectivity index (χ0) is 15.8. The molecule has 2 rings (SSSR count). The predicted molar refractivity (Wildman–Crippen MR) is 78.5 cm³/mol. The molecule has 21 heavy (non-hydrogen) atoms. The summed E-state index contributed by atoms with van der Waals surface area (Å²) < 4.78 is 26.2. The molecule has 1 heterocycles. The molecule has 0 aliphatic carbocycles. The van der Waals surface area contributed by atoms with Gasteiger partial charge >= 0.3 is 5.97 Å². The topological polar surface area (TPSA) is 101 Å². The van der Waals surface area contributed by atoms with Gasteiger partial charge in [0.15, 0.2) is 0 Å². The Hall–Kier alpha value is -1.44. The van der Waals surface area contributed by atoms with E-state index in [4.69, 9.17) is 10.8 Å². The number of sulfonamides is 1. The molecule has 0 bridgehead atoms. The van der Waals surface area contributed by atoms with Crippen LogP contribution in [-0.2, 0) is 14.8 Å². The number of carboxylic acid groups (broad SMARTS) is 1. The second-order valence-electron chi connectivity index (χ2n) is 5.77. The SMILES string of the molecule is CC(C)c1ccc(S(=O)(=O)N2CCC(N)(C(=O)O)C2)cc1. The molecule has 1 fully saturated rings. The van der Waals surface area contributed by atoms with Gasteiger partial charge in [0.25, 0.3) is 0 Å². The molecule has 1 aromatic rings. The van der Waals surface area contributed by atoms with Crippen molar-refractivity contribution in [2.75, 3.05) is 13.1 Å². The van der Waals surface area contributed by atoms with Gasteiger partial charge in [0.05, 0.1) is 4.90 Å². The van der Waals surface area contributed by atoms with E-state index in [9.17, 15) is 13.2 Å². The van der Waals surface area contributed by atoms with E-state index in [1.165, 1.54) is 0 Å². The highest BCUT2D eigenvalue weighted by Crippen LogP contribution is 2.27. The average Bonchev–Trinajstić information content (AvgIpc) is 2.84. The van der Waals surface area contributed by atoms with Crippen LogP contribution in [0.25, 0.3) is 0 Å². The number of carboxylic acids is 1. The van der Waals surface area contributed by atoms with Gasteiger partial charge < -0.3 is 10.8 Å². The summed E-state index contributed by atoms with van der Waals surface area (Å²) in [5.41, 5.74) is 5.28. The monoisotopic (exact) mass is 312 g/mol. The van der Waals surface area contributed by atoms with E-state index in [-0.39, 0.29) is 24.4 Å². The maximum atomic E-state index is 12.5. The lowest BCUT2D eigenvalue weighted by molar-refractivity contribution is -0.142. The van der Waals surface area contributed by atoms with Crippen molar-refractivity contribution in [3.05, 3.63) is 29.8 Å². The minimum atomic E-state index is -3.70. The highest BCUT2D eigenvalue weighted by atomic mass is 32.2. The number of nitrogens with zero attached hydrogens (tertiary/aromatic N) is 1. The average molecular weight is 312 g/mol. The molecule has 1 atom stereocenters. The Balaban J connectivity index is 2.25. The summed E-state index contributed by atoms with van der Waals surface area (Å²) in [7, 11) is -3.70. The number of rotatable bonds is 4. The molecule has 0 saturated carbocycles. The van der Waals surface area contributed by atoms with Gasteiger partial charge in [-0.3, -0.25) is 4.79 Å². The van der Waals surface area contributed by atoms with Crippen LogP contribution in [-0.4, -0.2) is 42.4 Å². The molecule has 0 aromatic heterocycles. The van der Waals surface area contributed by atoms with Crippen LogP contribution in [0.3, 0.4) is 0 Å². The Labute approximate surface area is 124 Å². The Morgan fingerprint density at radius 2 is 1.90 bits per heavy atom. The lowest BCUT2D eigenvalue weighted by atomic mass is 10.0. The largest absolute Gasteiger partial charge is 0.480 e. The summed E-state index contributed by atoms with van der Waals surface area (Å²) in [4.78, 5) is 11.3. The quantitative estimate of drug-likeness (QED) is 0.863. The molecule has 6 nitrogen and oxygen atoms in total. The van der Waals surface area contributed by atoms with Crippen molar-refractivity contribution in [2.45, 2.75) is 36.6 Å². The van der Waals surface area contributed by atoms with E-state index in [0.717, 1.165) is 9.87 Å². The summed E-state index contributed by atoms with van der Waals surface area (Å²) in [6.07, 6.45) is 0.117. The lowest BCUT2D eigenvalue weighted by Crippen LogP contribution is -2.50. The standard InChI is InChI=1S/C14H20N2O4S/c1-10(2)11-3-5-12(6-4-11)21(19,20)16-8-7-14(15,9-16)13(17)18/h3-6,10H,7-9,15H2,1-2H3,(H,17,18). The summed E-state index contributed by atoms with van der Waals surface area (Å²) in [5.74, 6) is -0.854. The molecular formula is C14H20N2O4S. The Morgan fingerprint density at radius 3 is 2.33 bits per heavy atom. The van der Waals surface area contributed by atoms with Crippen LogP contribution in [0.2, 0.25) is 0 Å². The van der Waals surface area contributed by atoms with Crippen molar-refractivity contribution in [3.63, 3.8) is 0 Å². The van der Waals surface area contributed by atoms with Crippen LogP contribution in [0.15, 0.2) is 29.2 Å². The molecule has 1 aliphatic rings. The number of hydrogen-bond acceptors (Lipinski definition) is 4. The molecule has 1 unspecified atom stereocenters. The highest BCUT2D eigenvalue weighted by molar-refractivity contribution is 7.89. The molecular weight excluding hydrogens is 292 g/mol. The van der Waals surface area contributed by atoms with Crippen molar-refractivity contribution in [3.8, 4) is 0 Å². The second kappa shape index (κ2) is 5.40. The fourth-order valence-corrected chi connectivity index (χ4v) is 3.86. The highest BCUT2D eigenvalue weighted by Gasteiger charge is 2.45. The summed E-state index contributed by atoms with van der Waals surface area (Å²) in [5, 5.41) is 9.08. The van der Waals surface area contributed by atoms with Gasteiger partial charge in [-0.25, -0.2) is 8.42 Å². The van der Waals surface area contributed by atoms with E-state index in [1.54, 1.807) is 24.3 Å². The van der Waals surface area contributed by atoms with Crippen molar-refractivity contribution in [2.24, 2.45) is 5.73 Å². The molecule has 1 aromatic carbocycles. The minimum Gasteiger partial charge on any atom is -0.480 e. The van der Waals surface area contributed by atoms with Crippen LogP contribution >= 0.6 is 0 Å². The molecule has 7 heteroatoms. The first-order valence-electron chi connectivity index (χ1n) is 6.79. The third-order valence-corrected chi connectivity index (χ3v) is 5.74. The Bertz CT molecular complexity index is 639. The predicted octanol–water partition coefficient (Wildman–Crippen LogP) is 0.987. The van der Waals surface area contributed by atoms with E-state index in [2.05, 4.69) is 0 Å². The zero-order valence-corrected chi connectivity index (χ0v) is 12.9. The molecule has 1 saturated heterocycles. The van der Waals surface area contributed by atoms with Crippen LogP contribution in [0.5, 0.6) is 0 Å². The number of aliphatic carboxylic acids is 1. The van der Waals surface area contributed by atoms with Crippen molar-refractivity contribution >= 4 is 16.0 Å². The van der Waals surface area contributed by atoms with Gasteiger partial charge in [-0.05, 0) is 30.0 Å². The fraction of sp³-hybridized carbons (Fsp3) is 0.500. The summed E-state index contributed by atoms with van der Waals surface area (Å²) in [6.45, 7) is 3.98.